The van der Waals surface area contributed by atoms with Crippen LogP contribution in [0.2, 0.25) is 0 Å². The minimum atomic E-state index is -0.539. The normalized spacial score (nSPS) is 17.6. The Kier molecular flexibility index (Phi) is 5.61. The second kappa shape index (κ2) is 8.74. The van der Waals surface area contributed by atoms with Crippen LogP contribution in [0.4, 0.5) is 10.1 Å². The van der Waals surface area contributed by atoms with Gasteiger partial charge in [-0.2, -0.15) is 0 Å². The molecule has 2 aliphatic heterocycles. The van der Waals surface area contributed by atoms with Crippen molar-refractivity contribution in [3.05, 3.63) is 71.2 Å². The van der Waals surface area contributed by atoms with Crippen molar-refractivity contribution in [3.63, 3.8) is 0 Å². The summed E-state index contributed by atoms with van der Waals surface area (Å²) in [6.45, 7) is 0.946. The average molecular weight is 463 g/mol. The first-order valence-corrected chi connectivity index (χ1v) is 11.0. The molecule has 1 unspecified atom stereocenters. The van der Waals surface area contributed by atoms with Crippen LogP contribution in [0.3, 0.4) is 0 Å². The number of halogens is 1. The maximum absolute atomic E-state index is 13.4. The summed E-state index contributed by atoms with van der Waals surface area (Å²) in [6.07, 6.45) is 0.591. The lowest BCUT2D eigenvalue weighted by molar-refractivity contribution is -0.136. The molecule has 0 aliphatic carbocycles. The van der Waals surface area contributed by atoms with E-state index in [2.05, 4.69) is 5.16 Å². The van der Waals surface area contributed by atoms with Crippen molar-refractivity contribution < 1.29 is 28.0 Å². The second-order valence-electron chi connectivity index (χ2n) is 8.37. The highest BCUT2D eigenvalue weighted by Gasteiger charge is 2.39. The second-order valence-corrected chi connectivity index (χ2v) is 8.37. The summed E-state index contributed by atoms with van der Waals surface area (Å²) in [5.74, 6) is -1.26. The molecule has 0 N–H and O–H groups in total. The number of amides is 2. The van der Waals surface area contributed by atoms with Gasteiger partial charge in [0.2, 0.25) is 11.8 Å². The predicted molar refractivity (Wildman–Crippen MR) is 119 cm³/mol. The van der Waals surface area contributed by atoms with Crippen LogP contribution in [0.1, 0.15) is 28.0 Å². The molecular weight excluding hydrogens is 441 g/mol. The SMILES string of the molecule is COC(=O)c1ccccc1N1CC(C(=O)N2CCc3noc(-c4ccc(F)cc4)c3C2)CC1=O. The van der Waals surface area contributed by atoms with Gasteiger partial charge in [0.1, 0.15) is 5.82 Å². The number of rotatable bonds is 4. The van der Waals surface area contributed by atoms with E-state index in [-0.39, 0.29) is 36.2 Å². The Morgan fingerprint density at radius 2 is 1.91 bits per heavy atom. The zero-order valence-electron chi connectivity index (χ0n) is 18.5. The molecule has 3 heterocycles. The number of carbonyl (C=O) groups excluding carboxylic acids is 3. The molecule has 0 spiro atoms. The standard InChI is InChI=1S/C25H22FN3O5/c1-33-25(32)18-4-2-3-5-21(18)29-13-16(12-22(29)30)24(31)28-11-10-20-19(14-28)23(34-27-20)15-6-8-17(26)9-7-15/h2-9,16H,10-14H2,1H3. The van der Waals surface area contributed by atoms with Gasteiger partial charge < -0.3 is 19.1 Å². The van der Waals surface area contributed by atoms with Gasteiger partial charge in [-0.15, -0.1) is 0 Å². The van der Waals surface area contributed by atoms with Crippen LogP contribution in [0.5, 0.6) is 0 Å². The number of aromatic nitrogens is 1. The topological polar surface area (TPSA) is 92.9 Å². The summed E-state index contributed by atoms with van der Waals surface area (Å²) < 4.78 is 23.7. The zero-order chi connectivity index (χ0) is 23.8. The fourth-order valence-electron chi connectivity index (χ4n) is 4.58. The lowest BCUT2D eigenvalue weighted by atomic mass is 9.99. The molecule has 2 amide bonds. The Labute approximate surface area is 194 Å². The fraction of sp³-hybridized carbons (Fsp3) is 0.280. The quantitative estimate of drug-likeness (QED) is 0.552. The van der Waals surface area contributed by atoms with Gasteiger partial charge in [0.15, 0.2) is 5.76 Å². The third-order valence-corrected chi connectivity index (χ3v) is 6.33. The molecule has 0 saturated carbocycles. The molecule has 5 rings (SSSR count). The molecule has 174 valence electrons. The minimum absolute atomic E-state index is 0.0617. The summed E-state index contributed by atoms with van der Waals surface area (Å²) in [4.78, 5) is 41.5. The lowest BCUT2D eigenvalue weighted by Gasteiger charge is -2.28. The van der Waals surface area contributed by atoms with Crippen LogP contribution in [-0.4, -0.2) is 48.0 Å². The van der Waals surface area contributed by atoms with Crippen molar-refractivity contribution in [1.82, 2.24) is 10.1 Å². The number of nitrogens with zero attached hydrogens (tertiary/aromatic N) is 3. The van der Waals surface area contributed by atoms with Gasteiger partial charge in [0, 0.05) is 37.1 Å². The maximum Gasteiger partial charge on any atom is 0.339 e. The fourth-order valence-corrected chi connectivity index (χ4v) is 4.58. The summed E-state index contributed by atoms with van der Waals surface area (Å²) in [6, 6.07) is 12.6. The molecule has 34 heavy (non-hydrogen) atoms. The summed E-state index contributed by atoms with van der Waals surface area (Å²) in [5.41, 5.74) is 2.98. The van der Waals surface area contributed by atoms with E-state index in [0.29, 0.717) is 36.5 Å². The van der Waals surface area contributed by atoms with Crippen LogP contribution in [-0.2, 0) is 27.3 Å². The van der Waals surface area contributed by atoms with E-state index in [9.17, 15) is 18.8 Å². The summed E-state index contributed by atoms with van der Waals surface area (Å²) >= 11 is 0. The Hall–Kier alpha value is -4.01. The Morgan fingerprint density at radius 1 is 1.15 bits per heavy atom. The molecular formula is C25H22FN3O5. The molecule has 3 aromatic rings. The van der Waals surface area contributed by atoms with E-state index in [1.807, 2.05) is 0 Å². The van der Waals surface area contributed by atoms with Gasteiger partial charge in [0.05, 0.1) is 36.5 Å². The molecule has 8 nitrogen and oxygen atoms in total. The Morgan fingerprint density at radius 3 is 2.68 bits per heavy atom. The van der Waals surface area contributed by atoms with Gasteiger partial charge in [-0.1, -0.05) is 17.3 Å². The molecule has 0 radical (unpaired) electrons. The highest BCUT2D eigenvalue weighted by Crippen LogP contribution is 2.33. The molecule has 1 aromatic heterocycles. The number of ether oxygens (including phenoxy) is 1. The van der Waals surface area contributed by atoms with Crippen LogP contribution in [0.15, 0.2) is 53.1 Å². The third-order valence-electron chi connectivity index (χ3n) is 6.33. The Bertz CT molecular complexity index is 1270. The van der Waals surface area contributed by atoms with Crippen molar-refractivity contribution in [1.29, 1.82) is 0 Å². The summed E-state index contributed by atoms with van der Waals surface area (Å²) in [5, 5.41) is 4.13. The number of hydrogen-bond acceptors (Lipinski definition) is 6. The number of methoxy groups -OCH3 is 1. The van der Waals surface area contributed by atoms with E-state index in [1.165, 1.54) is 24.1 Å². The molecule has 1 atom stereocenters. The van der Waals surface area contributed by atoms with E-state index >= 15 is 0 Å². The average Bonchev–Trinajstić information content (AvgIpc) is 3.46. The number of carbonyl (C=O) groups is 3. The van der Waals surface area contributed by atoms with E-state index in [0.717, 1.165) is 11.3 Å². The zero-order valence-corrected chi connectivity index (χ0v) is 18.5. The molecule has 1 fully saturated rings. The molecule has 1 saturated heterocycles. The van der Waals surface area contributed by atoms with Crippen LogP contribution in [0.25, 0.3) is 11.3 Å². The highest BCUT2D eigenvalue weighted by molar-refractivity contribution is 6.05. The number of anilines is 1. The number of fused-ring (bicyclic) bond motifs is 1. The first-order valence-electron chi connectivity index (χ1n) is 11.0. The molecule has 0 bridgehead atoms. The predicted octanol–water partition coefficient (Wildman–Crippen LogP) is 3.21. The Balaban J connectivity index is 1.35. The van der Waals surface area contributed by atoms with Crippen molar-refractivity contribution in [3.8, 4) is 11.3 Å². The number of para-hydroxylation sites is 1. The lowest BCUT2D eigenvalue weighted by Crippen LogP contribution is -2.40. The van der Waals surface area contributed by atoms with Crippen LogP contribution < -0.4 is 4.90 Å². The van der Waals surface area contributed by atoms with E-state index in [4.69, 9.17) is 9.26 Å². The first-order chi connectivity index (χ1) is 16.5. The molecule has 9 heteroatoms. The highest BCUT2D eigenvalue weighted by atomic mass is 19.1. The first kappa shape index (κ1) is 21.8. The monoisotopic (exact) mass is 463 g/mol. The van der Waals surface area contributed by atoms with Gasteiger partial charge >= 0.3 is 5.97 Å². The molecule has 2 aliphatic rings. The van der Waals surface area contributed by atoms with Crippen LogP contribution >= 0.6 is 0 Å². The van der Waals surface area contributed by atoms with E-state index in [1.54, 1.807) is 41.3 Å². The molecule has 2 aromatic carbocycles. The van der Waals surface area contributed by atoms with Crippen molar-refractivity contribution in [2.24, 2.45) is 5.92 Å². The van der Waals surface area contributed by atoms with Gasteiger partial charge in [-0.25, -0.2) is 9.18 Å². The van der Waals surface area contributed by atoms with Gasteiger partial charge in [-0.05, 0) is 36.4 Å². The van der Waals surface area contributed by atoms with Crippen molar-refractivity contribution in [2.75, 3.05) is 25.1 Å². The number of esters is 1. The van der Waals surface area contributed by atoms with Crippen LogP contribution in [0, 0.1) is 11.7 Å². The largest absolute Gasteiger partial charge is 0.465 e. The third kappa shape index (κ3) is 3.83. The van der Waals surface area contributed by atoms with Crippen molar-refractivity contribution >= 4 is 23.5 Å². The number of hydrogen-bond donors (Lipinski definition) is 0. The maximum atomic E-state index is 13.4. The van der Waals surface area contributed by atoms with Gasteiger partial charge in [-0.3, -0.25) is 9.59 Å². The minimum Gasteiger partial charge on any atom is -0.465 e. The van der Waals surface area contributed by atoms with Gasteiger partial charge in [0.25, 0.3) is 0 Å². The summed E-state index contributed by atoms with van der Waals surface area (Å²) in [7, 11) is 1.28. The van der Waals surface area contributed by atoms with E-state index < -0.39 is 11.9 Å². The van der Waals surface area contributed by atoms with Crippen molar-refractivity contribution in [2.45, 2.75) is 19.4 Å². The number of benzene rings is 2. The smallest absolute Gasteiger partial charge is 0.339 e.